The van der Waals surface area contributed by atoms with Crippen LogP contribution >= 0.6 is 34.8 Å². The van der Waals surface area contributed by atoms with E-state index in [1.165, 1.54) is 0 Å². The van der Waals surface area contributed by atoms with Gasteiger partial charge in [-0.3, -0.25) is 0 Å². The van der Waals surface area contributed by atoms with Gasteiger partial charge < -0.3 is 15.4 Å². The molecular formula is C16H21Cl3N2O2. The van der Waals surface area contributed by atoms with Gasteiger partial charge in [-0.1, -0.05) is 40.9 Å². The molecule has 23 heavy (non-hydrogen) atoms. The Labute approximate surface area is 151 Å². The normalized spacial score (nSPS) is 21.7. The molecule has 1 aliphatic rings. The molecule has 1 fully saturated rings. The van der Waals surface area contributed by atoms with Gasteiger partial charge in [0.05, 0.1) is 15.1 Å². The zero-order valence-electron chi connectivity index (χ0n) is 13.5. The SMILES string of the molecule is CC(NC1CC1NC(=O)OC(C)(C)C)c1ccc(Cl)c(Cl)c1Cl. The topological polar surface area (TPSA) is 50.4 Å². The summed E-state index contributed by atoms with van der Waals surface area (Å²) in [5.74, 6) is 0. The molecule has 1 amide bonds. The number of benzene rings is 1. The molecule has 0 heterocycles. The molecule has 4 nitrogen and oxygen atoms in total. The van der Waals surface area contributed by atoms with Gasteiger partial charge in [0.1, 0.15) is 5.60 Å². The highest BCUT2D eigenvalue weighted by molar-refractivity contribution is 6.48. The molecule has 1 aliphatic carbocycles. The van der Waals surface area contributed by atoms with Gasteiger partial charge in [0, 0.05) is 18.1 Å². The maximum Gasteiger partial charge on any atom is 0.407 e. The number of carbonyl (C=O) groups is 1. The average molecular weight is 380 g/mol. The number of amides is 1. The van der Waals surface area contributed by atoms with E-state index < -0.39 is 11.7 Å². The van der Waals surface area contributed by atoms with Crippen molar-refractivity contribution in [1.82, 2.24) is 10.6 Å². The first-order valence-electron chi connectivity index (χ1n) is 7.47. The molecule has 3 unspecified atom stereocenters. The van der Waals surface area contributed by atoms with Crippen LogP contribution in [-0.4, -0.2) is 23.8 Å². The number of hydrogen-bond acceptors (Lipinski definition) is 3. The van der Waals surface area contributed by atoms with Gasteiger partial charge >= 0.3 is 6.09 Å². The van der Waals surface area contributed by atoms with Gasteiger partial charge in [0.25, 0.3) is 0 Å². The summed E-state index contributed by atoms with van der Waals surface area (Å²) in [6.45, 7) is 7.50. The molecule has 2 rings (SSSR count). The molecule has 1 aromatic carbocycles. The van der Waals surface area contributed by atoms with Gasteiger partial charge in [0.15, 0.2) is 0 Å². The first kappa shape index (κ1) is 18.7. The Morgan fingerprint density at radius 3 is 2.48 bits per heavy atom. The van der Waals surface area contributed by atoms with Crippen molar-refractivity contribution >= 4 is 40.9 Å². The zero-order chi connectivity index (χ0) is 17.4. The van der Waals surface area contributed by atoms with Gasteiger partial charge in [-0.2, -0.15) is 0 Å². The third-order valence-corrected chi connectivity index (χ3v) is 4.80. The minimum Gasteiger partial charge on any atom is -0.444 e. The molecule has 0 spiro atoms. The number of halogens is 3. The summed E-state index contributed by atoms with van der Waals surface area (Å²) in [7, 11) is 0. The van der Waals surface area contributed by atoms with Gasteiger partial charge in [-0.05, 0) is 45.7 Å². The molecule has 0 aromatic heterocycles. The lowest BCUT2D eigenvalue weighted by Gasteiger charge is -2.20. The van der Waals surface area contributed by atoms with Crippen molar-refractivity contribution in [2.75, 3.05) is 0 Å². The van der Waals surface area contributed by atoms with Crippen molar-refractivity contribution in [1.29, 1.82) is 0 Å². The van der Waals surface area contributed by atoms with E-state index in [2.05, 4.69) is 10.6 Å². The molecule has 3 atom stereocenters. The third-order valence-electron chi connectivity index (χ3n) is 3.49. The predicted octanol–water partition coefficient (Wildman–Crippen LogP) is 4.96. The first-order chi connectivity index (χ1) is 10.6. The van der Waals surface area contributed by atoms with Crippen molar-refractivity contribution < 1.29 is 9.53 Å². The van der Waals surface area contributed by atoms with E-state index in [9.17, 15) is 4.79 Å². The molecule has 2 N–H and O–H groups in total. The van der Waals surface area contributed by atoms with Crippen LogP contribution in [0, 0.1) is 0 Å². The fraction of sp³-hybridized carbons (Fsp3) is 0.562. The zero-order valence-corrected chi connectivity index (χ0v) is 15.8. The molecule has 0 radical (unpaired) electrons. The number of nitrogens with one attached hydrogen (secondary N) is 2. The maximum absolute atomic E-state index is 11.7. The second-order valence-corrected chi connectivity index (χ2v) is 7.91. The number of rotatable bonds is 4. The van der Waals surface area contributed by atoms with Crippen molar-refractivity contribution in [3.63, 3.8) is 0 Å². The molecule has 0 aliphatic heterocycles. The summed E-state index contributed by atoms with van der Waals surface area (Å²) in [6, 6.07) is 3.82. The average Bonchev–Trinajstić information content (AvgIpc) is 3.11. The van der Waals surface area contributed by atoms with E-state index in [-0.39, 0.29) is 18.1 Å². The fourth-order valence-corrected chi connectivity index (χ4v) is 2.99. The second-order valence-electron chi connectivity index (χ2n) is 6.75. The molecule has 7 heteroatoms. The summed E-state index contributed by atoms with van der Waals surface area (Å²) in [5.41, 5.74) is 0.381. The minimum absolute atomic E-state index is 0.00676. The predicted molar refractivity (Wildman–Crippen MR) is 94.6 cm³/mol. The van der Waals surface area contributed by atoms with E-state index in [1.54, 1.807) is 6.07 Å². The van der Waals surface area contributed by atoms with Gasteiger partial charge in [0.2, 0.25) is 0 Å². The number of alkyl carbamates (subject to hydrolysis) is 1. The summed E-state index contributed by atoms with van der Waals surface area (Å²) in [5, 5.41) is 7.52. The summed E-state index contributed by atoms with van der Waals surface area (Å²) in [6.07, 6.45) is 0.453. The molecular weight excluding hydrogens is 359 g/mol. The fourth-order valence-electron chi connectivity index (χ4n) is 2.28. The highest BCUT2D eigenvalue weighted by Gasteiger charge is 2.40. The lowest BCUT2D eigenvalue weighted by molar-refractivity contribution is 0.0522. The van der Waals surface area contributed by atoms with Gasteiger partial charge in [-0.25, -0.2) is 4.79 Å². The van der Waals surface area contributed by atoms with Crippen molar-refractivity contribution in [2.24, 2.45) is 0 Å². The third kappa shape index (κ3) is 5.15. The van der Waals surface area contributed by atoms with Crippen LogP contribution in [0.1, 0.15) is 45.7 Å². The highest BCUT2D eigenvalue weighted by atomic mass is 35.5. The Hall–Kier alpha value is -0.680. The van der Waals surface area contributed by atoms with E-state index in [0.29, 0.717) is 15.1 Å². The van der Waals surface area contributed by atoms with E-state index in [0.717, 1.165) is 12.0 Å². The van der Waals surface area contributed by atoms with Crippen LogP contribution in [0.25, 0.3) is 0 Å². The molecule has 1 aromatic rings. The molecule has 0 bridgehead atoms. The largest absolute Gasteiger partial charge is 0.444 e. The standard InChI is InChI=1S/C16H21Cl3N2O2/c1-8(9-5-6-10(17)14(19)13(9)18)20-11-7-12(11)21-15(22)23-16(2,3)4/h5-6,8,11-12,20H,7H2,1-4H3,(H,21,22). The van der Waals surface area contributed by atoms with Crippen LogP contribution in [0.15, 0.2) is 12.1 Å². The van der Waals surface area contributed by atoms with Crippen LogP contribution in [0.2, 0.25) is 15.1 Å². The Morgan fingerprint density at radius 1 is 1.22 bits per heavy atom. The van der Waals surface area contributed by atoms with Crippen LogP contribution in [-0.2, 0) is 4.74 Å². The number of ether oxygens (including phenoxy) is 1. The second kappa shape index (κ2) is 7.06. The Kier molecular flexibility index (Phi) is 5.72. The smallest absolute Gasteiger partial charge is 0.407 e. The van der Waals surface area contributed by atoms with Crippen LogP contribution in [0.3, 0.4) is 0 Å². The minimum atomic E-state index is -0.497. The molecule has 0 saturated heterocycles. The quantitative estimate of drug-likeness (QED) is 0.727. The summed E-state index contributed by atoms with van der Waals surface area (Å²) in [4.78, 5) is 11.7. The first-order valence-corrected chi connectivity index (χ1v) is 8.61. The van der Waals surface area contributed by atoms with E-state index in [4.69, 9.17) is 39.5 Å². The molecule has 1 saturated carbocycles. The van der Waals surface area contributed by atoms with Crippen molar-refractivity contribution in [3.05, 3.63) is 32.8 Å². The lowest BCUT2D eigenvalue weighted by Crippen LogP contribution is -2.37. The van der Waals surface area contributed by atoms with Gasteiger partial charge in [-0.15, -0.1) is 0 Å². The molecule has 128 valence electrons. The van der Waals surface area contributed by atoms with E-state index in [1.807, 2.05) is 33.8 Å². The van der Waals surface area contributed by atoms with Crippen LogP contribution in [0.4, 0.5) is 4.79 Å². The summed E-state index contributed by atoms with van der Waals surface area (Å²) >= 11 is 18.3. The Morgan fingerprint density at radius 2 is 1.87 bits per heavy atom. The van der Waals surface area contributed by atoms with Crippen LogP contribution in [0.5, 0.6) is 0 Å². The summed E-state index contributed by atoms with van der Waals surface area (Å²) < 4.78 is 5.24. The van der Waals surface area contributed by atoms with Crippen LogP contribution < -0.4 is 10.6 Å². The van der Waals surface area contributed by atoms with E-state index >= 15 is 0 Å². The van der Waals surface area contributed by atoms with Crippen molar-refractivity contribution in [3.8, 4) is 0 Å². The Balaban J connectivity index is 1.88. The van der Waals surface area contributed by atoms with Crippen molar-refractivity contribution in [2.45, 2.75) is 57.8 Å². The monoisotopic (exact) mass is 378 g/mol. The Bertz CT molecular complexity index is 602. The number of hydrogen-bond donors (Lipinski definition) is 2. The highest BCUT2D eigenvalue weighted by Crippen LogP contribution is 2.36. The number of carbonyl (C=O) groups excluding carboxylic acids is 1. The lowest BCUT2D eigenvalue weighted by atomic mass is 10.1. The maximum atomic E-state index is 11.7.